The molecule has 1 aromatic heterocycles. The first kappa shape index (κ1) is 14.9. The summed E-state index contributed by atoms with van der Waals surface area (Å²) in [4.78, 5) is 31.5. The smallest absolute Gasteiger partial charge is 0.329 e. The zero-order chi connectivity index (χ0) is 15.2. The molecule has 0 atom stereocenters. The average molecular weight is 295 g/mol. The second-order valence-electron chi connectivity index (χ2n) is 4.59. The van der Waals surface area contributed by atoms with Gasteiger partial charge in [0, 0.05) is 26.1 Å². The number of nitrogens with one attached hydrogen (secondary N) is 2. The monoisotopic (exact) mass is 295 g/mol. The van der Waals surface area contributed by atoms with E-state index in [0.717, 1.165) is 32.1 Å². The molecule has 0 spiro atoms. The molecule has 1 fully saturated rings. The molecule has 0 saturated carbocycles. The zero-order valence-corrected chi connectivity index (χ0v) is 11.4. The second kappa shape index (κ2) is 6.79. The molecule has 114 valence electrons. The van der Waals surface area contributed by atoms with Crippen molar-refractivity contribution in [2.45, 2.75) is 19.3 Å². The van der Waals surface area contributed by atoms with Gasteiger partial charge in [-0.15, -0.1) is 0 Å². The Labute approximate surface area is 120 Å². The van der Waals surface area contributed by atoms with E-state index in [1.54, 1.807) is 4.90 Å². The fourth-order valence-electron chi connectivity index (χ4n) is 2.12. The molecule has 1 saturated heterocycles. The molecule has 1 aliphatic rings. The fraction of sp³-hybridized carbons (Fsp3) is 0.545. The highest BCUT2D eigenvalue weighted by molar-refractivity contribution is 5.77. The van der Waals surface area contributed by atoms with Gasteiger partial charge < -0.3 is 10.2 Å². The number of anilines is 2. The number of hydrazine groups is 1. The highest BCUT2D eigenvalue weighted by Gasteiger charge is 2.19. The molecule has 21 heavy (non-hydrogen) atoms. The maximum Gasteiger partial charge on any atom is 0.329 e. The third-order valence-corrected chi connectivity index (χ3v) is 3.19. The van der Waals surface area contributed by atoms with Crippen molar-refractivity contribution < 1.29 is 9.72 Å². The number of nitrogen functional groups attached to an aromatic ring is 1. The van der Waals surface area contributed by atoms with Gasteiger partial charge in [0.2, 0.25) is 17.7 Å². The molecule has 0 aromatic carbocycles. The number of likely N-dealkylation sites (tertiary alicyclic amines) is 1. The third-order valence-electron chi connectivity index (χ3n) is 3.19. The SMILES string of the molecule is NNc1ncc([N+](=O)[O-])c(NCCC(=O)N2CCCC2)n1. The Balaban J connectivity index is 1.95. The first-order valence-corrected chi connectivity index (χ1v) is 6.61. The van der Waals surface area contributed by atoms with Crippen molar-refractivity contribution in [1.29, 1.82) is 0 Å². The van der Waals surface area contributed by atoms with Crippen LogP contribution in [-0.4, -0.2) is 45.3 Å². The summed E-state index contributed by atoms with van der Waals surface area (Å²) in [5, 5.41) is 13.7. The first-order chi connectivity index (χ1) is 10.1. The molecule has 10 heteroatoms. The number of carbonyl (C=O) groups is 1. The molecule has 4 N–H and O–H groups in total. The Morgan fingerprint density at radius 3 is 2.81 bits per heavy atom. The predicted octanol–water partition coefficient (Wildman–Crippen LogP) is 0.0948. The van der Waals surface area contributed by atoms with Crippen LogP contribution in [0.1, 0.15) is 19.3 Å². The van der Waals surface area contributed by atoms with Crippen molar-refractivity contribution in [2.75, 3.05) is 30.4 Å². The maximum absolute atomic E-state index is 11.9. The lowest BCUT2D eigenvalue weighted by atomic mass is 10.3. The minimum absolute atomic E-state index is 0.0360. The van der Waals surface area contributed by atoms with E-state index in [1.165, 1.54) is 0 Å². The molecule has 1 aliphatic heterocycles. The highest BCUT2D eigenvalue weighted by Crippen LogP contribution is 2.21. The van der Waals surface area contributed by atoms with Crippen molar-refractivity contribution in [3.05, 3.63) is 16.3 Å². The minimum atomic E-state index is -0.592. The summed E-state index contributed by atoms with van der Waals surface area (Å²) >= 11 is 0. The summed E-state index contributed by atoms with van der Waals surface area (Å²) in [5.41, 5.74) is 1.96. The van der Waals surface area contributed by atoms with Crippen molar-refractivity contribution in [3.8, 4) is 0 Å². The van der Waals surface area contributed by atoms with Gasteiger partial charge in [0.15, 0.2) is 0 Å². The van der Waals surface area contributed by atoms with Crippen LogP contribution in [0.5, 0.6) is 0 Å². The molecular formula is C11H17N7O3. The van der Waals surface area contributed by atoms with Gasteiger partial charge in [-0.2, -0.15) is 4.98 Å². The number of nitro groups is 1. The summed E-state index contributed by atoms with van der Waals surface area (Å²) in [5.74, 6) is 5.31. The Morgan fingerprint density at radius 2 is 2.19 bits per heavy atom. The molecule has 0 radical (unpaired) electrons. The summed E-state index contributed by atoms with van der Waals surface area (Å²) in [6.45, 7) is 1.83. The van der Waals surface area contributed by atoms with Crippen LogP contribution < -0.4 is 16.6 Å². The Morgan fingerprint density at radius 1 is 1.48 bits per heavy atom. The van der Waals surface area contributed by atoms with E-state index in [9.17, 15) is 14.9 Å². The topological polar surface area (TPSA) is 139 Å². The summed E-state index contributed by atoms with van der Waals surface area (Å²) in [6, 6.07) is 0. The number of rotatable bonds is 6. The highest BCUT2D eigenvalue weighted by atomic mass is 16.6. The van der Waals surface area contributed by atoms with E-state index in [4.69, 9.17) is 5.84 Å². The molecule has 0 unspecified atom stereocenters. The summed E-state index contributed by atoms with van der Waals surface area (Å²) in [7, 11) is 0. The quantitative estimate of drug-likeness (QED) is 0.381. The number of nitrogens with zero attached hydrogens (tertiary/aromatic N) is 4. The number of hydrogen-bond acceptors (Lipinski definition) is 8. The zero-order valence-electron chi connectivity index (χ0n) is 11.4. The van der Waals surface area contributed by atoms with Gasteiger partial charge in [-0.3, -0.25) is 20.3 Å². The summed E-state index contributed by atoms with van der Waals surface area (Å²) in [6.07, 6.45) is 3.38. The molecule has 1 aromatic rings. The van der Waals surface area contributed by atoms with Crippen LogP contribution in [0.2, 0.25) is 0 Å². The number of hydrogen-bond donors (Lipinski definition) is 3. The standard InChI is InChI=1S/C11H17N7O3/c12-16-11-14-7-8(18(20)21)10(15-11)13-4-3-9(19)17-5-1-2-6-17/h7H,1-6,12H2,(H2,13,14,15,16). The van der Waals surface area contributed by atoms with E-state index in [2.05, 4.69) is 20.7 Å². The lowest BCUT2D eigenvalue weighted by Crippen LogP contribution is -2.29. The van der Waals surface area contributed by atoms with Gasteiger partial charge in [0.25, 0.3) is 0 Å². The van der Waals surface area contributed by atoms with Crippen LogP contribution in [0.4, 0.5) is 17.5 Å². The number of carbonyl (C=O) groups excluding carboxylic acids is 1. The van der Waals surface area contributed by atoms with Crippen LogP contribution >= 0.6 is 0 Å². The van der Waals surface area contributed by atoms with Crippen LogP contribution in [0, 0.1) is 10.1 Å². The van der Waals surface area contributed by atoms with Gasteiger partial charge in [-0.25, -0.2) is 10.8 Å². The van der Waals surface area contributed by atoms with Gasteiger partial charge in [0.1, 0.15) is 6.20 Å². The van der Waals surface area contributed by atoms with Gasteiger partial charge in [-0.1, -0.05) is 0 Å². The molecule has 10 nitrogen and oxygen atoms in total. The van der Waals surface area contributed by atoms with Crippen LogP contribution in [0.25, 0.3) is 0 Å². The van der Waals surface area contributed by atoms with E-state index in [1.807, 2.05) is 0 Å². The number of nitrogens with two attached hydrogens (primary N) is 1. The Kier molecular flexibility index (Phi) is 4.82. The molecule has 2 heterocycles. The van der Waals surface area contributed by atoms with Crippen LogP contribution in [-0.2, 0) is 4.79 Å². The van der Waals surface area contributed by atoms with Crippen molar-refractivity contribution in [2.24, 2.45) is 5.84 Å². The lowest BCUT2D eigenvalue weighted by Gasteiger charge is -2.15. The first-order valence-electron chi connectivity index (χ1n) is 6.61. The molecule has 0 bridgehead atoms. The third kappa shape index (κ3) is 3.75. The second-order valence-corrected chi connectivity index (χ2v) is 4.59. The number of amides is 1. The number of aromatic nitrogens is 2. The van der Waals surface area contributed by atoms with E-state index >= 15 is 0 Å². The van der Waals surface area contributed by atoms with E-state index in [-0.39, 0.29) is 36.3 Å². The van der Waals surface area contributed by atoms with Crippen LogP contribution in [0.3, 0.4) is 0 Å². The van der Waals surface area contributed by atoms with E-state index in [0.29, 0.717) is 0 Å². The summed E-state index contributed by atoms with van der Waals surface area (Å²) < 4.78 is 0. The molecular weight excluding hydrogens is 278 g/mol. The Bertz CT molecular complexity index is 531. The van der Waals surface area contributed by atoms with E-state index < -0.39 is 4.92 Å². The lowest BCUT2D eigenvalue weighted by molar-refractivity contribution is -0.384. The van der Waals surface area contributed by atoms with Crippen molar-refractivity contribution >= 4 is 23.4 Å². The van der Waals surface area contributed by atoms with Crippen molar-refractivity contribution in [1.82, 2.24) is 14.9 Å². The molecule has 2 rings (SSSR count). The van der Waals surface area contributed by atoms with Gasteiger partial charge in [0.05, 0.1) is 4.92 Å². The van der Waals surface area contributed by atoms with Crippen LogP contribution in [0.15, 0.2) is 6.20 Å². The van der Waals surface area contributed by atoms with Gasteiger partial charge in [-0.05, 0) is 12.8 Å². The van der Waals surface area contributed by atoms with Crippen molar-refractivity contribution in [3.63, 3.8) is 0 Å². The molecule has 1 amide bonds. The molecule has 0 aliphatic carbocycles. The van der Waals surface area contributed by atoms with Gasteiger partial charge >= 0.3 is 5.69 Å². The maximum atomic E-state index is 11.9. The largest absolute Gasteiger partial charge is 0.364 e. The Hall–Kier alpha value is -2.49. The minimum Gasteiger partial charge on any atom is -0.364 e. The predicted molar refractivity (Wildman–Crippen MR) is 75.4 cm³/mol. The fourth-order valence-corrected chi connectivity index (χ4v) is 2.12. The normalized spacial score (nSPS) is 14.0. The average Bonchev–Trinajstić information content (AvgIpc) is 3.01.